The number of hydrogen-bond acceptors (Lipinski definition) is 5. The number of thiazole rings is 1. The summed E-state index contributed by atoms with van der Waals surface area (Å²) in [6.07, 6.45) is -4.38. The Morgan fingerprint density at radius 2 is 1.52 bits per heavy atom. The monoisotopic (exact) mass is 387 g/mol. The van der Waals surface area contributed by atoms with Gasteiger partial charge in [-0.1, -0.05) is 30.3 Å². The van der Waals surface area contributed by atoms with Crippen LogP contribution >= 0.6 is 11.3 Å². The first-order chi connectivity index (χ1) is 12.9. The fraction of sp³-hybridized carbons (Fsp3) is 0.105. The minimum atomic E-state index is -4.38. The smallest absolute Gasteiger partial charge is 0.415 e. The van der Waals surface area contributed by atoms with Crippen LogP contribution in [-0.2, 0) is 6.18 Å². The van der Waals surface area contributed by atoms with Crippen molar-refractivity contribution in [2.75, 3.05) is 0 Å². The second kappa shape index (κ2) is 6.62. The number of rotatable bonds is 3. The summed E-state index contributed by atoms with van der Waals surface area (Å²) in [4.78, 5) is 5.28. The van der Waals surface area contributed by atoms with E-state index >= 15 is 0 Å². The molecule has 2 aromatic carbocycles. The molecule has 0 aliphatic heterocycles. The van der Waals surface area contributed by atoms with Crippen molar-refractivity contribution in [3.8, 4) is 32.8 Å². The van der Waals surface area contributed by atoms with E-state index in [9.17, 15) is 13.2 Å². The van der Waals surface area contributed by atoms with E-state index in [2.05, 4.69) is 15.2 Å². The molecule has 4 aromatic rings. The largest absolute Gasteiger partial charge is 0.416 e. The normalized spacial score (nSPS) is 11.7. The Labute approximate surface area is 156 Å². The van der Waals surface area contributed by atoms with Gasteiger partial charge in [0.1, 0.15) is 9.88 Å². The van der Waals surface area contributed by atoms with Gasteiger partial charge in [-0.15, -0.1) is 21.5 Å². The summed E-state index contributed by atoms with van der Waals surface area (Å²) in [5.74, 6) is 0.454. The first kappa shape index (κ1) is 17.4. The Kier molecular flexibility index (Phi) is 4.27. The summed E-state index contributed by atoms with van der Waals surface area (Å²) >= 11 is 1.42. The van der Waals surface area contributed by atoms with Crippen molar-refractivity contribution in [3.63, 3.8) is 0 Å². The molecule has 4 rings (SSSR count). The molecule has 0 bridgehead atoms. The quantitative estimate of drug-likeness (QED) is 0.442. The third kappa shape index (κ3) is 3.48. The molecule has 0 aliphatic rings. The number of nitrogens with zero attached hydrogens (tertiary/aromatic N) is 3. The van der Waals surface area contributed by atoms with Crippen LogP contribution < -0.4 is 0 Å². The van der Waals surface area contributed by atoms with Gasteiger partial charge in [0.2, 0.25) is 5.89 Å². The van der Waals surface area contributed by atoms with Crippen LogP contribution in [-0.4, -0.2) is 15.2 Å². The minimum absolute atomic E-state index is 0.160. The minimum Gasteiger partial charge on any atom is -0.415 e. The van der Waals surface area contributed by atoms with E-state index in [1.54, 1.807) is 0 Å². The number of aryl methyl sites for hydroxylation is 1. The van der Waals surface area contributed by atoms with Crippen LogP contribution in [0.3, 0.4) is 0 Å². The molecule has 0 saturated heterocycles. The number of hydrogen-bond donors (Lipinski definition) is 0. The number of halogens is 3. The molecule has 2 aromatic heterocycles. The summed E-state index contributed by atoms with van der Waals surface area (Å²) in [5.41, 5.74) is 1.43. The molecule has 0 atom stereocenters. The summed E-state index contributed by atoms with van der Waals surface area (Å²) in [5, 5.41) is 8.82. The number of benzene rings is 2. The first-order valence-corrected chi connectivity index (χ1v) is 8.78. The van der Waals surface area contributed by atoms with Gasteiger partial charge < -0.3 is 4.42 Å². The van der Waals surface area contributed by atoms with Gasteiger partial charge in [0, 0.05) is 11.1 Å². The molecule has 0 amide bonds. The van der Waals surface area contributed by atoms with Crippen molar-refractivity contribution in [2.45, 2.75) is 13.1 Å². The van der Waals surface area contributed by atoms with E-state index in [-0.39, 0.29) is 5.89 Å². The van der Waals surface area contributed by atoms with E-state index in [0.29, 0.717) is 11.5 Å². The van der Waals surface area contributed by atoms with Crippen molar-refractivity contribution in [3.05, 3.63) is 65.9 Å². The molecular weight excluding hydrogens is 375 g/mol. The lowest BCUT2D eigenvalue weighted by Crippen LogP contribution is -2.03. The average molecular weight is 387 g/mol. The standard InChI is InChI=1S/C19H12F3N3OS/c1-11-15(27-18(23-11)13-5-3-2-4-6-13)17-25-24-16(26-17)12-7-9-14(10-8-12)19(20,21)22/h2-10H,1H3. The molecule has 0 unspecified atom stereocenters. The van der Waals surface area contributed by atoms with Crippen molar-refractivity contribution < 1.29 is 17.6 Å². The SMILES string of the molecule is Cc1nc(-c2ccccc2)sc1-c1nnc(-c2ccc(C(F)(F)F)cc2)o1. The molecule has 0 N–H and O–H groups in total. The third-order valence-corrected chi connectivity index (χ3v) is 5.09. The molecular formula is C19H12F3N3OS. The Hall–Kier alpha value is -3.00. The van der Waals surface area contributed by atoms with Gasteiger partial charge in [-0.25, -0.2) is 4.98 Å². The van der Waals surface area contributed by atoms with Crippen LogP contribution in [0.1, 0.15) is 11.3 Å². The third-order valence-electron chi connectivity index (χ3n) is 3.90. The van der Waals surface area contributed by atoms with Gasteiger partial charge in [0.15, 0.2) is 0 Å². The van der Waals surface area contributed by atoms with Gasteiger partial charge >= 0.3 is 6.18 Å². The van der Waals surface area contributed by atoms with Crippen LogP contribution in [0.25, 0.3) is 32.8 Å². The molecule has 0 saturated carbocycles. The van der Waals surface area contributed by atoms with Gasteiger partial charge in [0.25, 0.3) is 5.89 Å². The highest BCUT2D eigenvalue weighted by atomic mass is 32.1. The molecule has 8 heteroatoms. The topological polar surface area (TPSA) is 51.8 Å². The lowest BCUT2D eigenvalue weighted by atomic mass is 10.1. The second-order valence-electron chi connectivity index (χ2n) is 5.79. The molecule has 2 heterocycles. The van der Waals surface area contributed by atoms with Crippen molar-refractivity contribution in [1.29, 1.82) is 0 Å². The Morgan fingerprint density at radius 3 is 2.19 bits per heavy atom. The van der Waals surface area contributed by atoms with Crippen molar-refractivity contribution in [1.82, 2.24) is 15.2 Å². The second-order valence-corrected chi connectivity index (χ2v) is 6.79. The summed E-state index contributed by atoms with van der Waals surface area (Å²) < 4.78 is 43.7. The molecule has 0 fully saturated rings. The fourth-order valence-electron chi connectivity index (χ4n) is 2.53. The van der Waals surface area contributed by atoms with E-state index in [1.807, 2.05) is 37.3 Å². The van der Waals surface area contributed by atoms with Crippen molar-refractivity contribution >= 4 is 11.3 Å². The Balaban J connectivity index is 1.64. The summed E-state index contributed by atoms with van der Waals surface area (Å²) in [6, 6.07) is 14.3. The highest BCUT2D eigenvalue weighted by Crippen LogP contribution is 2.36. The van der Waals surface area contributed by atoms with Crippen LogP contribution in [0.4, 0.5) is 13.2 Å². The van der Waals surface area contributed by atoms with Crippen LogP contribution in [0, 0.1) is 6.92 Å². The zero-order chi connectivity index (χ0) is 19.0. The molecule has 4 nitrogen and oxygen atoms in total. The molecule has 136 valence electrons. The number of aromatic nitrogens is 3. The highest BCUT2D eigenvalue weighted by Gasteiger charge is 2.30. The van der Waals surface area contributed by atoms with E-state index in [1.165, 1.54) is 23.5 Å². The maximum atomic E-state index is 12.7. The zero-order valence-corrected chi connectivity index (χ0v) is 14.8. The zero-order valence-electron chi connectivity index (χ0n) is 14.0. The van der Waals surface area contributed by atoms with E-state index in [0.717, 1.165) is 33.3 Å². The Morgan fingerprint density at radius 1 is 0.852 bits per heavy atom. The van der Waals surface area contributed by atoms with Crippen LogP contribution in [0.5, 0.6) is 0 Å². The predicted molar refractivity (Wildman–Crippen MR) is 96.0 cm³/mol. The number of alkyl halides is 3. The predicted octanol–water partition coefficient (Wildman–Crippen LogP) is 5.85. The van der Waals surface area contributed by atoms with E-state index in [4.69, 9.17) is 4.42 Å². The molecule has 0 spiro atoms. The van der Waals surface area contributed by atoms with Gasteiger partial charge in [-0.3, -0.25) is 0 Å². The molecule has 0 aliphatic carbocycles. The molecule has 0 radical (unpaired) electrons. The fourth-order valence-corrected chi connectivity index (χ4v) is 3.53. The van der Waals surface area contributed by atoms with Crippen LogP contribution in [0.2, 0.25) is 0 Å². The Bertz CT molecular complexity index is 1070. The lowest BCUT2D eigenvalue weighted by Gasteiger charge is -2.05. The van der Waals surface area contributed by atoms with Gasteiger partial charge in [-0.2, -0.15) is 13.2 Å². The summed E-state index contributed by atoms with van der Waals surface area (Å²) in [6.45, 7) is 1.85. The molecule has 27 heavy (non-hydrogen) atoms. The maximum Gasteiger partial charge on any atom is 0.416 e. The first-order valence-electron chi connectivity index (χ1n) is 7.96. The maximum absolute atomic E-state index is 12.7. The van der Waals surface area contributed by atoms with Gasteiger partial charge in [-0.05, 0) is 31.2 Å². The highest BCUT2D eigenvalue weighted by molar-refractivity contribution is 7.18. The van der Waals surface area contributed by atoms with Gasteiger partial charge in [0.05, 0.1) is 11.3 Å². The van der Waals surface area contributed by atoms with Crippen LogP contribution in [0.15, 0.2) is 59.0 Å². The lowest BCUT2D eigenvalue weighted by molar-refractivity contribution is -0.137. The average Bonchev–Trinajstić information content (AvgIpc) is 3.28. The van der Waals surface area contributed by atoms with Crippen molar-refractivity contribution in [2.24, 2.45) is 0 Å². The van der Waals surface area contributed by atoms with E-state index < -0.39 is 11.7 Å². The summed E-state index contributed by atoms with van der Waals surface area (Å²) in [7, 11) is 0.